The molecular formula is C22H25ClN2O5. The molecule has 0 aromatic heterocycles. The second-order valence-corrected chi connectivity index (χ2v) is 7.78. The fraction of sp³-hybridized carbons (Fsp3) is 0.364. The average Bonchev–Trinajstić information content (AvgIpc) is 2.75. The molecule has 0 unspecified atom stereocenters. The number of benzene rings is 2. The molecule has 0 bridgehead atoms. The number of carbonyl (C=O) groups is 2. The molecule has 1 heterocycles. The molecule has 1 aliphatic rings. The molecule has 0 aliphatic carbocycles. The molecule has 1 fully saturated rings. The molecule has 30 heavy (non-hydrogen) atoms. The van der Waals surface area contributed by atoms with Crippen LogP contribution in [0, 0.1) is 0 Å². The summed E-state index contributed by atoms with van der Waals surface area (Å²) in [5, 5.41) is 3.50. The minimum Gasteiger partial charge on any atom is -0.478 e. The smallest absolute Gasteiger partial charge is 0.337 e. The molecule has 0 radical (unpaired) electrons. The van der Waals surface area contributed by atoms with Gasteiger partial charge in [-0.1, -0.05) is 11.6 Å². The maximum Gasteiger partial charge on any atom is 0.337 e. The zero-order valence-electron chi connectivity index (χ0n) is 17.2. The average molecular weight is 433 g/mol. The molecule has 1 aliphatic heterocycles. The molecule has 8 heteroatoms. The van der Waals surface area contributed by atoms with Crippen molar-refractivity contribution in [3.05, 3.63) is 53.1 Å². The van der Waals surface area contributed by atoms with Gasteiger partial charge in [0.05, 0.1) is 37.3 Å². The highest BCUT2D eigenvalue weighted by Gasteiger charge is 2.31. The molecular weight excluding hydrogens is 408 g/mol. The molecule has 3 rings (SSSR count). The van der Waals surface area contributed by atoms with Crippen LogP contribution in [0.4, 0.5) is 11.4 Å². The number of anilines is 2. The van der Waals surface area contributed by atoms with Crippen molar-refractivity contribution in [3.63, 3.8) is 0 Å². The van der Waals surface area contributed by atoms with E-state index in [1.54, 1.807) is 56.3 Å². The molecule has 1 N–H and O–H groups in total. The van der Waals surface area contributed by atoms with E-state index in [4.69, 9.17) is 25.8 Å². The number of nitrogens with zero attached hydrogens (tertiary/aromatic N) is 1. The van der Waals surface area contributed by atoms with Gasteiger partial charge < -0.3 is 24.4 Å². The van der Waals surface area contributed by atoms with Gasteiger partial charge >= 0.3 is 5.97 Å². The van der Waals surface area contributed by atoms with Crippen molar-refractivity contribution >= 4 is 34.9 Å². The van der Waals surface area contributed by atoms with Gasteiger partial charge in [-0.05, 0) is 56.3 Å². The second-order valence-electron chi connectivity index (χ2n) is 7.34. The summed E-state index contributed by atoms with van der Waals surface area (Å²) in [6, 6.07) is 11.9. The molecule has 1 saturated heterocycles. The molecule has 0 atom stereocenters. The number of rotatable bonds is 6. The Hall–Kier alpha value is -2.77. The van der Waals surface area contributed by atoms with Crippen molar-refractivity contribution in [1.82, 2.24) is 0 Å². The van der Waals surface area contributed by atoms with E-state index in [1.165, 1.54) is 7.11 Å². The molecule has 1 amide bonds. The molecule has 7 nitrogen and oxygen atoms in total. The van der Waals surface area contributed by atoms with Crippen molar-refractivity contribution in [2.45, 2.75) is 19.4 Å². The molecule has 0 saturated carbocycles. The monoisotopic (exact) mass is 432 g/mol. The Kier molecular flexibility index (Phi) is 6.84. The van der Waals surface area contributed by atoms with E-state index < -0.39 is 11.6 Å². The summed E-state index contributed by atoms with van der Waals surface area (Å²) in [5.74, 6) is -0.305. The van der Waals surface area contributed by atoms with Crippen molar-refractivity contribution in [2.24, 2.45) is 0 Å². The van der Waals surface area contributed by atoms with E-state index in [9.17, 15) is 9.59 Å². The quantitative estimate of drug-likeness (QED) is 0.700. The Balaban J connectivity index is 1.85. The predicted molar refractivity (Wildman–Crippen MR) is 116 cm³/mol. The van der Waals surface area contributed by atoms with Gasteiger partial charge in [-0.3, -0.25) is 4.79 Å². The lowest BCUT2D eigenvalue weighted by molar-refractivity contribution is -0.128. The van der Waals surface area contributed by atoms with Crippen LogP contribution in [0.25, 0.3) is 0 Å². The van der Waals surface area contributed by atoms with E-state index in [2.05, 4.69) is 10.2 Å². The van der Waals surface area contributed by atoms with Crippen LogP contribution in [0.15, 0.2) is 42.5 Å². The summed E-state index contributed by atoms with van der Waals surface area (Å²) in [6.45, 7) is 5.91. The highest BCUT2D eigenvalue weighted by molar-refractivity contribution is 6.30. The van der Waals surface area contributed by atoms with Crippen molar-refractivity contribution < 1.29 is 23.8 Å². The van der Waals surface area contributed by atoms with Gasteiger partial charge in [-0.15, -0.1) is 0 Å². The SMILES string of the molecule is COC(=O)c1ccc(N2CCOCC2)c(NC(=O)C(C)(C)Oc2ccc(Cl)cc2)c1. The number of methoxy groups -OCH3 is 1. The number of hydrogen-bond acceptors (Lipinski definition) is 6. The lowest BCUT2D eigenvalue weighted by atomic mass is 10.1. The lowest BCUT2D eigenvalue weighted by Gasteiger charge is -2.32. The summed E-state index contributed by atoms with van der Waals surface area (Å²) in [5.41, 5.74) is 0.498. The maximum atomic E-state index is 13.1. The molecule has 0 spiro atoms. The largest absolute Gasteiger partial charge is 0.478 e. The topological polar surface area (TPSA) is 77.1 Å². The van der Waals surface area contributed by atoms with Crippen molar-refractivity contribution in [3.8, 4) is 5.75 Å². The molecule has 160 valence electrons. The third-order valence-corrected chi connectivity index (χ3v) is 5.00. The Labute approximate surface area is 180 Å². The Morgan fingerprint density at radius 2 is 1.77 bits per heavy atom. The maximum absolute atomic E-state index is 13.1. The number of carbonyl (C=O) groups excluding carboxylic acids is 2. The fourth-order valence-corrected chi connectivity index (χ4v) is 3.20. The van der Waals surface area contributed by atoms with Gasteiger partial charge in [0.2, 0.25) is 0 Å². The Morgan fingerprint density at radius 3 is 2.40 bits per heavy atom. The molecule has 2 aromatic rings. The number of nitrogens with one attached hydrogen (secondary N) is 1. The standard InChI is InChI=1S/C22H25ClN2O5/c1-22(2,30-17-7-5-16(23)6-8-17)21(27)24-18-14-15(20(26)28-3)4-9-19(18)25-10-12-29-13-11-25/h4-9,14H,10-13H2,1-3H3,(H,24,27). The van der Waals surface area contributed by atoms with Crippen LogP contribution >= 0.6 is 11.6 Å². The normalized spacial score (nSPS) is 14.2. The third-order valence-electron chi connectivity index (χ3n) is 4.75. The summed E-state index contributed by atoms with van der Waals surface area (Å²) >= 11 is 5.91. The molecule has 2 aromatic carbocycles. The van der Waals surface area contributed by atoms with E-state index in [-0.39, 0.29) is 5.91 Å². The summed E-state index contributed by atoms with van der Waals surface area (Å²) in [6.07, 6.45) is 0. The second kappa shape index (κ2) is 9.36. The van der Waals surface area contributed by atoms with E-state index in [0.29, 0.717) is 48.3 Å². The third kappa shape index (κ3) is 5.23. The number of ether oxygens (including phenoxy) is 3. The first-order valence-corrected chi connectivity index (χ1v) is 9.99. The first kappa shape index (κ1) is 21.9. The van der Waals surface area contributed by atoms with Gasteiger partial charge in [0, 0.05) is 18.1 Å². The van der Waals surface area contributed by atoms with Gasteiger partial charge in [0.25, 0.3) is 5.91 Å². The number of morpholine rings is 1. The summed E-state index contributed by atoms with van der Waals surface area (Å²) in [7, 11) is 1.32. The lowest BCUT2D eigenvalue weighted by Crippen LogP contribution is -2.43. The van der Waals surface area contributed by atoms with Crippen LogP contribution in [-0.2, 0) is 14.3 Å². The van der Waals surface area contributed by atoms with Crippen LogP contribution in [0.5, 0.6) is 5.75 Å². The van der Waals surface area contributed by atoms with Gasteiger partial charge in [-0.2, -0.15) is 0 Å². The van der Waals surface area contributed by atoms with Crippen LogP contribution < -0.4 is 15.0 Å². The van der Waals surface area contributed by atoms with Crippen LogP contribution in [-0.4, -0.2) is 50.9 Å². The van der Waals surface area contributed by atoms with E-state index in [1.807, 2.05) is 0 Å². The van der Waals surface area contributed by atoms with Crippen LogP contribution in [0.1, 0.15) is 24.2 Å². The number of hydrogen-bond donors (Lipinski definition) is 1. The Morgan fingerprint density at radius 1 is 1.10 bits per heavy atom. The highest BCUT2D eigenvalue weighted by atomic mass is 35.5. The Bertz CT molecular complexity index is 908. The van der Waals surface area contributed by atoms with E-state index in [0.717, 1.165) is 5.69 Å². The fourth-order valence-electron chi connectivity index (χ4n) is 3.08. The predicted octanol–water partition coefficient (Wildman–Crippen LogP) is 3.76. The van der Waals surface area contributed by atoms with Gasteiger partial charge in [-0.25, -0.2) is 4.79 Å². The summed E-state index contributed by atoms with van der Waals surface area (Å²) < 4.78 is 16.1. The van der Waals surface area contributed by atoms with Crippen molar-refractivity contribution in [2.75, 3.05) is 43.6 Å². The number of halogens is 1. The van der Waals surface area contributed by atoms with Gasteiger partial charge in [0.1, 0.15) is 5.75 Å². The first-order chi connectivity index (χ1) is 14.3. The van der Waals surface area contributed by atoms with Crippen LogP contribution in [0.2, 0.25) is 5.02 Å². The number of amides is 1. The minimum absolute atomic E-state index is 0.348. The van der Waals surface area contributed by atoms with Crippen LogP contribution in [0.3, 0.4) is 0 Å². The highest BCUT2D eigenvalue weighted by Crippen LogP contribution is 2.30. The number of esters is 1. The first-order valence-electron chi connectivity index (χ1n) is 9.61. The summed E-state index contributed by atoms with van der Waals surface area (Å²) in [4.78, 5) is 27.2. The van der Waals surface area contributed by atoms with E-state index >= 15 is 0 Å². The zero-order valence-corrected chi connectivity index (χ0v) is 18.0. The zero-order chi connectivity index (χ0) is 21.7. The minimum atomic E-state index is -1.17. The van der Waals surface area contributed by atoms with Crippen molar-refractivity contribution in [1.29, 1.82) is 0 Å². The van der Waals surface area contributed by atoms with Gasteiger partial charge in [0.15, 0.2) is 5.60 Å².